The van der Waals surface area contributed by atoms with Gasteiger partial charge in [-0.05, 0) is 13.0 Å². The molecule has 1 aliphatic heterocycles. The fourth-order valence-corrected chi connectivity index (χ4v) is 2.83. The Morgan fingerprint density at radius 1 is 1.39 bits per heavy atom. The average molecular weight is 316 g/mol. The van der Waals surface area contributed by atoms with Crippen molar-refractivity contribution in [3.05, 3.63) is 50.3 Å². The number of pyridine rings is 1. The lowest BCUT2D eigenvalue weighted by atomic mass is 10.1. The number of hydrogen-bond acceptors (Lipinski definition) is 5. The van der Waals surface area contributed by atoms with Gasteiger partial charge in [0.2, 0.25) is 5.56 Å². The Labute approximate surface area is 131 Å². The number of rotatable bonds is 2. The van der Waals surface area contributed by atoms with E-state index in [1.807, 2.05) is 6.92 Å². The standard InChI is InChI=1S/C15H16N4O4/c1-9-8-16-4-5-18(9)15(21)12-7-14(20)17-13-3-2-10(19(22)23)6-11(12)13/h2-3,6-7,9,16H,4-5,8H2,1H3,(H,17,20)/t9-/m0/s1. The summed E-state index contributed by atoms with van der Waals surface area (Å²) in [6.07, 6.45) is 0. The minimum atomic E-state index is -0.522. The Hall–Kier alpha value is -2.74. The van der Waals surface area contributed by atoms with E-state index in [0.29, 0.717) is 30.5 Å². The zero-order valence-electron chi connectivity index (χ0n) is 12.5. The number of non-ortho nitro benzene ring substituents is 1. The number of amides is 1. The molecule has 120 valence electrons. The number of aromatic nitrogens is 1. The molecule has 1 atom stereocenters. The zero-order chi connectivity index (χ0) is 16.6. The van der Waals surface area contributed by atoms with Crippen LogP contribution in [-0.4, -0.2) is 46.4 Å². The van der Waals surface area contributed by atoms with Gasteiger partial charge in [-0.2, -0.15) is 0 Å². The first-order valence-corrected chi connectivity index (χ1v) is 7.30. The van der Waals surface area contributed by atoms with Gasteiger partial charge < -0.3 is 15.2 Å². The van der Waals surface area contributed by atoms with Crippen LogP contribution in [0.5, 0.6) is 0 Å². The van der Waals surface area contributed by atoms with Crippen molar-refractivity contribution in [3.63, 3.8) is 0 Å². The van der Waals surface area contributed by atoms with Gasteiger partial charge in [0, 0.05) is 54.8 Å². The maximum absolute atomic E-state index is 12.8. The van der Waals surface area contributed by atoms with Gasteiger partial charge in [-0.1, -0.05) is 0 Å². The van der Waals surface area contributed by atoms with Crippen molar-refractivity contribution in [3.8, 4) is 0 Å². The summed E-state index contributed by atoms with van der Waals surface area (Å²) >= 11 is 0. The van der Waals surface area contributed by atoms with E-state index in [4.69, 9.17) is 0 Å². The summed E-state index contributed by atoms with van der Waals surface area (Å²) < 4.78 is 0. The number of nitrogens with one attached hydrogen (secondary N) is 2. The van der Waals surface area contributed by atoms with Crippen molar-refractivity contribution in [1.82, 2.24) is 15.2 Å². The Morgan fingerprint density at radius 3 is 2.87 bits per heavy atom. The van der Waals surface area contributed by atoms with Crippen molar-refractivity contribution >= 4 is 22.5 Å². The predicted octanol–water partition coefficient (Wildman–Crippen LogP) is 0.870. The van der Waals surface area contributed by atoms with E-state index < -0.39 is 10.5 Å². The molecule has 0 bridgehead atoms. The second kappa shape index (κ2) is 5.81. The molecule has 8 nitrogen and oxygen atoms in total. The molecule has 8 heteroatoms. The van der Waals surface area contributed by atoms with E-state index in [-0.39, 0.29) is 23.2 Å². The van der Waals surface area contributed by atoms with Gasteiger partial charge in [0.15, 0.2) is 0 Å². The summed E-state index contributed by atoms with van der Waals surface area (Å²) in [6, 6.07) is 5.28. The molecule has 3 rings (SSSR count). The summed E-state index contributed by atoms with van der Waals surface area (Å²) in [5.74, 6) is -0.282. The maximum atomic E-state index is 12.8. The average Bonchev–Trinajstić information content (AvgIpc) is 2.53. The second-order valence-corrected chi connectivity index (χ2v) is 5.59. The van der Waals surface area contributed by atoms with Crippen molar-refractivity contribution in [2.75, 3.05) is 19.6 Å². The first-order chi connectivity index (χ1) is 11.0. The summed E-state index contributed by atoms with van der Waals surface area (Å²) in [5.41, 5.74) is 0.0832. The molecule has 1 aromatic heterocycles. The quantitative estimate of drug-likeness (QED) is 0.631. The summed E-state index contributed by atoms with van der Waals surface area (Å²) in [6.45, 7) is 3.80. The van der Waals surface area contributed by atoms with Crippen LogP contribution in [0.15, 0.2) is 29.1 Å². The third kappa shape index (κ3) is 2.80. The number of nitrogens with zero attached hydrogens (tertiary/aromatic N) is 2. The number of nitro benzene ring substituents is 1. The Kier molecular flexibility index (Phi) is 3.83. The smallest absolute Gasteiger partial charge is 0.270 e. The van der Waals surface area contributed by atoms with Crippen molar-refractivity contribution < 1.29 is 9.72 Å². The Bertz CT molecular complexity index is 845. The van der Waals surface area contributed by atoms with Crippen LogP contribution in [0.3, 0.4) is 0 Å². The van der Waals surface area contributed by atoms with Crippen molar-refractivity contribution in [2.45, 2.75) is 13.0 Å². The highest BCUT2D eigenvalue weighted by Crippen LogP contribution is 2.23. The van der Waals surface area contributed by atoms with Gasteiger partial charge in [0.1, 0.15) is 0 Å². The number of fused-ring (bicyclic) bond motifs is 1. The molecular weight excluding hydrogens is 300 g/mol. The van der Waals surface area contributed by atoms with Gasteiger partial charge in [-0.25, -0.2) is 0 Å². The number of nitro groups is 1. The molecule has 2 N–H and O–H groups in total. The van der Waals surface area contributed by atoms with Gasteiger partial charge in [-0.3, -0.25) is 19.7 Å². The van der Waals surface area contributed by atoms with Crippen LogP contribution < -0.4 is 10.9 Å². The number of carbonyl (C=O) groups excluding carboxylic acids is 1. The highest BCUT2D eigenvalue weighted by molar-refractivity contribution is 6.06. The van der Waals surface area contributed by atoms with Gasteiger partial charge >= 0.3 is 0 Å². The minimum Gasteiger partial charge on any atom is -0.333 e. The molecular formula is C15H16N4O4. The number of aromatic amines is 1. The molecule has 2 heterocycles. The van der Waals surface area contributed by atoms with Crippen molar-refractivity contribution in [1.29, 1.82) is 0 Å². The molecule has 2 aromatic rings. The summed E-state index contributed by atoms with van der Waals surface area (Å²) in [5, 5.41) is 14.6. The predicted molar refractivity (Wildman–Crippen MR) is 84.6 cm³/mol. The highest BCUT2D eigenvalue weighted by atomic mass is 16.6. The van der Waals surface area contributed by atoms with E-state index in [1.165, 1.54) is 24.3 Å². The lowest BCUT2D eigenvalue weighted by Gasteiger charge is -2.34. The SMILES string of the molecule is C[C@H]1CNCCN1C(=O)c1cc(=O)[nH]c2ccc([N+](=O)[O-])cc12. The normalized spacial score (nSPS) is 18.1. The molecule has 1 aromatic carbocycles. The highest BCUT2D eigenvalue weighted by Gasteiger charge is 2.26. The zero-order valence-corrected chi connectivity index (χ0v) is 12.5. The molecule has 0 unspecified atom stereocenters. The Balaban J connectivity index is 2.14. The third-order valence-corrected chi connectivity index (χ3v) is 4.03. The largest absolute Gasteiger partial charge is 0.333 e. The first kappa shape index (κ1) is 15.2. The summed E-state index contributed by atoms with van der Waals surface area (Å²) in [7, 11) is 0. The van der Waals surface area contributed by atoms with Crippen LogP contribution in [0.1, 0.15) is 17.3 Å². The van der Waals surface area contributed by atoms with Gasteiger partial charge in [-0.15, -0.1) is 0 Å². The lowest BCUT2D eigenvalue weighted by molar-refractivity contribution is -0.384. The third-order valence-electron chi connectivity index (χ3n) is 4.03. The Morgan fingerprint density at radius 2 is 2.17 bits per heavy atom. The van der Waals surface area contributed by atoms with E-state index >= 15 is 0 Å². The first-order valence-electron chi connectivity index (χ1n) is 7.30. The van der Waals surface area contributed by atoms with Gasteiger partial charge in [0.05, 0.1) is 10.5 Å². The molecule has 23 heavy (non-hydrogen) atoms. The van der Waals surface area contributed by atoms with Crippen LogP contribution in [0.4, 0.5) is 5.69 Å². The number of hydrogen-bond donors (Lipinski definition) is 2. The lowest BCUT2D eigenvalue weighted by Crippen LogP contribution is -2.52. The minimum absolute atomic E-state index is 0.00992. The molecule has 0 saturated carbocycles. The second-order valence-electron chi connectivity index (χ2n) is 5.59. The van der Waals surface area contributed by atoms with Crippen LogP contribution in [0.2, 0.25) is 0 Å². The molecule has 1 aliphatic rings. The molecule has 0 spiro atoms. The molecule has 0 radical (unpaired) electrons. The van der Waals surface area contributed by atoms with Crippen molar-refractivity contribution in [2.24, 2.45) is 0 Å². The molecule has 1 fully saturated rings. The van der Waals surface area contributed by atoms with E-state index in [1.54, 1.807) is 4.90 Å². The number of piperazine rings is 1. The number of carbonyl (C=O) groups is 1. The fraction of sp³-hybridized carbons (Fsp3) is 0.333. The molecule has 1 saturated heterocycles. The molecule has 1 amide bonds. The monoisotopic (exact) mass is 316 g/mol. The van der Waals surface area contributed by atoms with E-state index in [9.17, 15) is 19.7 Å². The molecule has 0 aliphatic carbocycles. The van der Waals surface area contributed by atoms with Crippen LogP contribution in [0, 0.1) is 10.1 Å². The van der Waals surface area contributed by atoms with Crippen LogP contribution >= 0.6 is 0 Å². The van der Waals surface area contributed by atoms with E-state index in [0.717, 1.165) is 0 Å². The van der Waals surface area contributed by atoms with Crippen LogP contribution in [-0.2, 0) is 0 Å². The maximum Gasteiger partial charge on any atom is 0.270 e. The van der Waals surface area contributed by atoms with Crippen LogP contribution in [0.25, 0.3) is 10.9 Å². The topological polar surface area (TPSA) is 108 Å². The van der Waals surface area contributed by atoms with E-state index in [2.05, 4.69) is 10.3 Å². The number of benzene rings is 1. The summed E-state index contributed by atoms with van der Waals surface area (Å²) in [4.78, 5) is 39.4. The van der Waals surface area contributed by atoms with Gasteiger partial charge in [0.25, 0.3) is 11.6 Å². The fourth-order valence-electron chi connectivity index (χ4n) is 2.83. The number of H-pyrrole nitrogens is 1.